The number of aryl methyl sites for hydroxylation is 1. The summed E-state index contributed by atoms with van der Waals surface area (Å²) in [4.78, 5) is 11.4. The Morgan fingerprint density at radius 2 is 2.09 bits per heavy atom. The van der Waals surface area contributed by atoms with E-state index in [1.54, 1.807) is 17.8 Å². The molecule has 1 aromatic carbocycles. The van der Waals surface area contributed by atoms with Crippen LogP contribution in [0.5, 0.6) is 0 Å². The molecular weight excluding hydrogens is 300 g/mol. The third kappa shape index (κ3) is 4.17. The number of aromatic nitrogens is 4. The first kappa shape index (κ1) is 16.2. The van der Waals surface area contributed by atoms with Gasteiger partial charge < -0.3 is 5.11 Å². The number of carboxylic acids is 1. The average molecular weight is 318 g/mol. The summed E-state index contributed by atoms with van der Waals surface area (Å²) < 4.78 is 1.36. The molecule has 0 fully saturated rings. The molecular formula is C15H18N4O2S. The Morgan fingerprint density at radius 3 is 2.73 bits per heavy atom. The monoisotopic (exact) mass is 318 g/mol. The molecule has 2 rings (SSSR count). The molecule has 6 nitrogen and oxygen atoms in total. The SMILES string of the molecule is CSCCC(C(=O)O)n1nnnc1/C=C/c1ccc(C)cc1. The standard InChI is InChI=1S/C15H18N4O2S/c1-11-3-5-12(6-4-11)7-8-14-16-17-18-19(14)13(15(20)21)9-10-22-2/h3-8,13H,9-10H2,1-2H3,(H,20,21)/b8-7+. The number of carbonyl (C=O) groups is 1. The van der Waals surface area contributed by atoms with Gasteiger partial charge in [-0.25, -0.2) is 9.48 Å². The molecule has 0 spiro atoms. The molecule has 0 saturated carbocycles. The van der Waals surface area contributed by atoms with Crippen molar-refractivity contribution < 1.29 is 9.90 Å². The second kappa shape index (κ2) is 7.74. The van der Waals surface area contributed by atoms with E-state index < -0.39 is 12.0 Å². The van der Waals surface area contributed by atoms with Crippen molar-refractivity contribution in [1.82, 2.24) is 20.2 Å². The predicted octanol–water partition coefficient (Wildman–Crippen LogP) is 2.53. The van der Waals surface area contributed by atoms with Gasteiger partial charge >= 0.3 is 5.97 Å². The highest BCUT2D eigenvalue weighted by atomic mass is 32.2. The van der Waals surface area contributed by atoms with Gasteiger partial charge in [0.1, 0.15) is 0 Å². The first-order valence-corrected chi connectivity index (χ1v) is 8.25. The molecule has 0 aliphatic carbocycles. The molecule has 0 aliphatic heterocycles. The van der Waals surface area contributed by atoms with Crippen LogP contribution in [-0.4, -0.2) is 43.3 Å². The average Bonchev–Trinajstić information content (AvgIpc) is 2.95. The highest BCUT2D eigenvalue weighted by Crippen LogP contribution is 2.16. The summed E-state index contributed by atoms with van der Waals surface area (Å²) in [6.07, 6.45) is 6.03. The van der Waals surface area contributed by atoms with Crippen molar-refractivity contribution in [3.63, 3.8) is 0 Å². The second-order valence-corrected chi connectivity index (χ2v) is 5.85. The molecule has 7 heteroatoms. The zero-order chi connectivity index (χ0) is 15.9. The van der Waals surface area contributed by atoms with Crippen molar-refractivity contribution in [2.24, 2.45) is 0 Å². The van der Waals surface area contributed by atoms with E-state index in [0.29, 0.717) is 12.2 Å². The highest BCUT2D eigenvalue weighted by molar-refractivity contribution is 7.98. The van der Waals surface area contributed by atoms with Crippen LogP contribution in [-0.2, 0) is 4.79 Å². The topological polar surface area (TPSA) is 80.9 Å². The Kier molecular flexibility index (Phi) is 5.71. The number of tetrazole rings is 1. The summed E-state index contributed by atoms with van der Waals surface area (Å²) >= 11 is 1.60. The van der Waals surface area contributed by atoms with E-state index in [4.69, 9.17) is 0 Å². The van der Waals surface area contributed by atoms with Crippen LogP contribution < -0.4 is 0 Å². The van der Waals surface area contributed by atoms with Crippen LogP contribution in [0.25, 0.3) is 12.2 Å². The lowest BCUT2D eigenvalue weighted by Gasteiger charge is -2.12. The van der Waals surface area contributed by atoms with Gasteiger partial charge in [-0.05, 0) is 47.4 Å². The van der Waals surface area contributed by atoms with Gasteiger partial charge in [-0.3, -0.25) is 0 Å². The summed E-state index contributed by atoms with van der Waals surface area (Å²) in [5.41, 5.74) is 2.20. The summed E-state index contributed by atoms with van der Waals surface area (Å²) in [5.74, 6) is 0.248. The number of rotatable bonds is 7. The van der Waals surface area contributed by atoms with E-state index in [0.717, 1.165) is 11.3 Å². The zero-order valence-corrected chi connectivity index (χ0v) is 13.3. The molecule has 2 aromatic rings. The molecule has 0 radical (unpaired) electrons. The summed E-state index contributed by atoms with van der Waals surface area (Å²) in [7, 11) is 0. The smallest absolute Gasteiger partial charge is 0.328 e. The summed E-state index contributed by atoms with van der Waals surface area (Å²) in [5, 5.41) is 20.7. The van der Waals surface area contributed by atoms with Crippen LogP contribution in [0, 0.1) is 6.92 Å². The zero-order valence-electron chi connectivity index (χ0n) is 12.5. The fraction of sp³-hybridized carbons (Fsp3) is 0.333. The maximum absolute atomic E-state index is 11.4. The van der Waals surface area contributed by atoms with Crippen LogP contribution in [0.4, 0.5) is 0 Å². The van der Waals surface area contributed by atoms with E-state index in [9.17, 15) is 9.90 Å². The minimum absolute atomic E-state index is 0.439. The van der Waals surface area contributed by atoms with Gasteiger partial charge in [-0.1, -0.05) is 35.9 Å². The first-order chi connectivity index (χ1) is 10.6. The second-order valence-electron chi connectivity index (χ2n) is 4.86. The van der Waals surface area contributed by atoms with Crippen LogP contribution in [0.2, 0.25) is 0 Å². The molecule has 0 aliphatic rings. The molecule has 1 heterocycles. The van der Waals surface area contributed by atoms with E-state index in [1.165, 1.54) is 10.2 Å². The molecule has 1 atom stereocenters. The fourth-order valence-corrected chi connectivity index (χ4v) is 2.42. The van der Waals surface area contributed by atoms with Crippen molar-refractivity contribution in [3.05, 3.63) is 41.2 Å². The maximum Gasteiger partial charge on any atom is 0.328 e. The molecule has 0 amide bonds. The Balaban J connectivity index is 2.20. The minimum atomic E-state index is -0.925. The quantitative estimate of drug-likeness (QED) is 0.845. The van der Waals surface area contributed by atoms with Gasteiger partial charge in [-0.15, -0.1) is 5.10 Å². The van der Waals surface area contributed by atoms with Crippen molar-refractivity contribution in [2.45, 2.75) is 19.4 Å². The Labute approximate surface area is 133 Å². The van der Waals surface area contributed by atoms with Crippen LogP contribution in [0.3, 0.4) is 0 Å². The normalized spacial score (nSPS) is 12.6. The number of nitrogens with zero attached hydrogens (tertiary/aromatic N) is 4. The summed E-state index contributed by atoms with van der Waals surface area (Å²) in [6, 6.07) is 7.26. The van der Waals surface area contributed by atoms with E-state index in [1.807, 2.05) is 43.5 Å². The van der Waals surface area contributed by atoms with Crippen molar-refractivity contribution >= 4 is 29.9 Å². The molecule has 1 aromatic heterocycles. The highest BCUT2D eigenvalue weighted by Gasteiger charge is 2.22. The first-order valence-electron chi connectivity index (χ1n) is 6.86. The van der Waals surface area contributed by atoms with Gasteiger partial charge in [-0.2, -0.15) is 11.8 Å². The largest absolute Gasteiger partial charge is 0.480 e. The number of benzene rings is 1. The Morgan fingerprint density at radius 1 is 1.36 bits per heavy atom. The molecule has 1 unspecified atom stereocenters. The van der Waals surface area contributed by atoms with E-state index in [2.05, 4.69) is 15.5 Å². The van der Waals surface area contributed by atoms with Gasteiger partial charge in [0.25, 0.3) is 0 Å². The number of hydrogen-bond acceptors (Lipinski definition) is 5. The Bertz CT molecular complexity index is 652. The fourth-order valence-electron chi connectivity index (χ4n) is 1.96. The van der Waals surface area contributed by atoms with Crippen molar-refractivity contribution in [3.8, 4) is 0 Å². The molecule has 22 heavy (non-hydrogen) atoms. The van der Waals surface area contributed by atoms with Gasteiger partial charge in [0.15, 0.2) is 11.9 Å². The molecule has 0 saturated heterocycles. The molecule has 0 bridgehead atoms. The lowest BCUT2D eigenvalue weighted by Crippen LogP contribution is -2.22. The lowest BCUT2D eigenvalue weighted by atomic mass is 10.1. The number of thioether (sulfide) groups is 1. The maximum atomic E-state index is 11.4. The van der Waals surface area contributed by atoms with Crippen molar-refractivity contribution in [1.29, 1.82) is 0 Å². The number of aliphatic carboxylic acids is 1. The third-order valence-electron chi connectivity index (χ3n) is 3.20. The lowest BCUT2D eigenvalue weighted by molar-refractivity contribution is -0.141. The van der Waals surface area contributed by atoms with E-state index >= 15 is 0 Å². The predicted molar refractivity (Wildman–Crippen MR) is 87.6 cm³/mol. The van der Waals surface area contributed by atoms with Gasteiger partial charge in [0.05, 0.1) is 0 Å². The number of hydrogen-bond donors (Lipinski definition) is 1. The van der Waals surface area contributed by atoms with E-state index in [-0.39, 0.29) is 0 Å². The Hall–Kier alpha value is -2.15. The number of carboxylic acid groups (broad SMARTS) is 1. The van der Waals surface area contributed by atoms with Crippen LogP contribution in [0.15, 0.2) is 24.3 Å². The van der Waals surface area contributed by atoms with Crippen LogP contribution in [0.1, 0.15) is 29.4 Å². The minimum Gasteiger partial charge on any atom is -0.480 e. The van der Waals surface area contributed by atoms with Crippen LogP contribution >= 0.6 is 11.8 Å². The third-order valence-corrected chi connectivity index (χ3v) is 3.84. The van der Waals surface area contributed by atoms with Gasteiger partial charge in [0, 0.05) is 0 Å². The molecule has 1 N–H and O–H groups in total. The molecule has 116 valence electrons. The van der Waals surface area contributed by atoms with Gasteiger partial charge in [0.2, 0.25) is 0 Å². The summed E-state index contributed by atoms with van der Waals surface area (Å²) in [6.45, 7) is 2.03. The van der Waals surface area contributed by atoms with Crippen molar-refractivity contribution in [2.75, 3.05) is 12.0 Å².